The monoisotopic (exact) mass is 990 g/mol. The average Bonchev–Trinajstić information content (AvgIpc) is 3.36. The van der Waals surface area contributed by atoms with Crippen LogP contribution in [0.25, 0.3) is 0 Å². The molecular weight excluding hydrogens is 863 g/mol. The van der Waals surface area contributed by atoms with E-state index < -0.39 is 12.1 Å². The second-order valence-electron chi connectivity index (χ2n) is 22.5. The molecule has 6 heteroatoms. The lowest BCUT2D eigenvalue weighted by atomic mass is 10.0. The molecular formula is C64H127NO5. The summed E-state index contributed by atoms with van der Waals surface area (Å²) >= 11 is 0. The fraction of sp³-hybridized carbons (Fsp3) is 0.969. The standard InChI is InChI=1S/C64H127NO5/c1-3-5-7-9-11-13-15-17-18-26-30-34-38-42-46-50-54-58-64(69)70-59-55-51-47-43-39-35-31-28-25-23-21-19-20-22-24-27-29-33-37-41-45-49-53-57-63(68)65-61(60-66)62(67)56-52-48-44-40-36-32-16-14-12-10-8-6-4-2/h61-62,66-67H,3-60H2,1-2H3,(H,65,68). The Balaban J connectivity index is 3.33. The summed E-state index contributed by atoms with van der Waals surface area (Å²) in [6.07, 6.45) is 71.2. The minimum Gasteiger partial charge on any atom is -0.466 e. The Kier molecular flexibility index (Phi) is 59.4. The van der Waals surface area contributed by atoms with Crippen molar-refractivity contribution in [3.05, 3.63) is 0 Å². The highest BCUT2D eigenvalue weighted by atomic mass is 16.5. The van der Waals surface area contributed by atoms with E-state index in [9.17, 15) is 19.8 Å². The summed E-state index contributed by atoms with van der Waals surface area (Å²) in [6, 6.07) is -0.539. The number of ether oxygens (including phenoxy) is 1. The molecule has 6 nitrogen and oxygen atoms in total. The molecule has 0 spiro atoms. The van der Waals surface area contributed by atoms with E-state index in [1.165, 1.54) is 302 Å². The summed E-state index contributed by atoms with van der Waals surface area (Å²) in [4.78, 5) is 24.6. The molecule has 0 rings (SSSR count). The first-order chi connectivity index (χ1) is 34.5. The van der Waals surface area contributed by atoms with E-state index in [0.717, 1.165) is 38.5 Å². The molecule has 2 unspecified atom stereocenters. The molecule has 0 aliphatic heterocycles. The van der Waals surface area contributed by atoms with Crippen molar-refractivity contribution >= 4 is 11.9 Å². The van der Waals surface area contributed by atoms with Gasteiger partial charge in [0.15, 0.2) is 0 Å². The van der Waals surface area contributed by atoms with Gasteiger partial charge in [0.1, 0.15) is 0 Å². The maximum absolute atomic E-state index is 12.5. The summed E-state index contributed by atoms with van der Waals surface area (Å²) in [5.41, 5.74) is 0. The minimum atomic E-state index is -0.662. The van der Waals surface area contributed by atoms with Crippen LogP contribution in [0.3, 0.4) is 0 Å². The first-order valence-electron chi connectivity index (χ1n) is 32.3. The number of hydrogen-bond donors (Lipinski definition) is 3. The van der Waals surface area contributed by atoms with Gasteiger partial charge in [-0.25, -0.2) is 0 Å². The second-order valence-corrected chi connectivity index (χ2v) is 22.5. The second kappa shape index (κ2) is 60.4. The molecule has 0 fully saturated rings. The number of amides is 1. The quantitative estimate of drug-likeness (QED) is 0.0417. The number of rotatable bonds is 61. The van der Waals surface area contributed by atoms with Crippen LogP contribution >= 0.6 is 0 Å². The van der Waals surface area contributed by atoms with Crippen LogP contribution in [0.2, 0.25) is 0 Å². The van der Waals surface area contributed by atoms with Crippen molar-refractivity contribution in [3.8, 4) is 0 Å². The number of unbranched alkanes of at least 4 members (excludes halogenated alkanes) is 50. The van der Waals surface area contributed by atoms with Crippen molar-refractivity contribution in [1.82, 2.24) is 5.32 Å². The first-order valence-corrected chi connectivity index (χ1v) is 32.3. The fourth-order valence-electron chi connectivity index (χ4n) is 10.5. The first kappa shape index (κ1) is 68.9. The number of esters is 1. The van der Waals surface area contributed by atoms with E-state index in [-0.39, 0.29) is 18.5 Å². The minimum absolute atomic E-state index is 0.0194. The van der Waals surface area contributed by atoms with E-state index in [0.29, 0.717) is 25.9 Å². The van der Waals surface area contributed by atoms with Crippen molar-refractivity contribution in [2.45, 2.75) is 386 Å². The molecule has 0 heterocycles. The van der Waals surface area contributed by atoms with E-state index in [2.05, 4.69) is 19.2 Å². The molecule has 1 amide bonds. The average molecular weight is 991 g/mol. The van der Waals surface area contributed by atoms with Crippen LogP contribution in [0.15, 0.2) is 0 Å². The van der Waals surface area contributed by atoms with Gasteiger partial charge in [0, 0.05) is 12.8 Å². The lowest BCUT2D eigenvalue weighted by Gasteiger charge is -2.22. The number of aliphatic hydroxyl groups is 2. The zero-order valence-electron chi connectivity index (χ0n) is 47.8. The highest BCUT2D eigenvalue weighted by molar-refractivity contribution is 5.76. The number of carbonyl (C=O) groups is 2. The summed E-state index contributed by atoms with van der Waals surface area (Å²) in [5, 5.41) is 23.3. The zero-order valence-corrected chi connectivity index (χ0v) is 47.8. The third kappa shape index (κ3) is 56.2. The molecule has 0 aromatic heterocycles. The maximum Gasteiger partial charge on any atom is 0.305 e. The number of hydrogen-bond acceptors (Lipinski definition) is 5. The van der Waals surface area contributed by atoms with Crippen molar-refractivity contribution in [2.24, 2.45) is 0 Å². The van der Waals surface area contributed by atoms with Gasteiger partial charge in [-0.05, 0) is 25.7 Å². The van der Waals surface area contributed by atoms with Gasteiger partial charge in [0.05, 0.1) is 25.4 Å². The van der Waals surface area contributed by atoms with E-state index in [4.69, 9.17) is 4.74 Å². The summed E-state index contributed by atoms with van der Waals surface area (Å²) < 4.78 is 5.50. The van der Waals surface area contributed by atoms with Gasteiger partial charge in [0.2, 0.25) is 5.91 Å². The van der Waals surface area contributed by atoms with E-state index >= 15 is 0 Å². The van der Waals surface area contributed by atoms with Crippen molar-refractivity contribution in [3.63, 3.8) is 0 Å². The molecule has 418 valence electrons. The Labute approximate surface area is 438 Å². The van der Waals surface area contributed by atoms with Gasteiger partial charge >= 0.3 is 5.97 Å². The largest absolute Gasteiger partial charge is 0.466 e. The highest BCUT2D eigenvalue weighted by Crippen LogP contribution is 2.19. The third-order valence-corrected chi connectivity index (χ3v) is 15.4. The lowest BCUT2D eigenvalue weighted by molar-refractivity contribution is -0.143. The van der Waals surface area contributed by atoms with Crippen LogP contribution in [-0.4, -0.2) is 47.4 Å². The van der Waals surface area contributed by atoms with Crippen LogP contribution in [0.1, 0.15) is 373 Å². The molecule has 0 aliphatic carbocycles. The smallest absolute Gasteiger partial charge is 0.305 e. The Morgan fingerprint density at radius 3 is 0.871 bits per heavy atom. The number of aliphatic hydroxyl groups excluding tert-OH is 2. The third-order valence-electron chi connectivity index (χ3n) is 15.4. The highest BCUT2D eigenvalue weighted by Gasteiger charge is 2.20. The molecule has 0 aromatic rings. The van der Waals surface area contributed by atoms with Gasteiger partial charge < -0.3 is 20.3 Å². The van der Waals surface area contributed by atoms with Crippen molar-refractivity contribution < 1.29 is 24.5 Å². The Morgan fingerprint density at radius 1 is 0.343 bits per heavy atom. The number of nitrogens with one attached hydrogen (secondary N) is 1. The molecule has 0 aliphatic rings. The molecule has 0 bridgehead atoms. The topological polar surface area (TPSA) is 95.9 Å². The molecule has 0 saturated carbocycles. The van der Waals surface area contributed by atoms with Gasteiger partial charge in [-0.15, -0.1) is 0 Å². The van der Waals surface area contributed by atoms with Crippen molar-refractivity contribution in [1.29, 1.82) is 0 Å². The van der Waals surface area contributed by atoms with Crippen LogP contribution < -0.4 is 5.32 Å². The summed E-state index contributed by atoms with van der Waals surface area (Å²) in [7, 11) is 0. The summed E-state index contributed by atoms with van der Waals surface area (Å²) in [6.45, 7) is 4.99. The van der Waals surface area contributed by atoms with Gasteiger partial charge in [-0.2, -0.15) is 0 Å². The summed E-state index contributed by atoms with van der Waals surface area (Å²) in [5.74, 6) is -0.0125. The van der Waals surface area contributed by atoms with Crippen LogP contribution in [0.5, 0.6) is 0 Å². The fourth-order valence-corrected chi connectivity index (χ4v) is 10.5. The van der Waals surface area contributed by atoms with Gasteiger partial charge in [-0.3, -0.25) is 9.59 Å². The van der Waals surface area contributed by atoms with E-state index in [1.54, 1.807) is 0 Å². The van der Waals surface area contributed by atoms with E-state index in [1.807, 2.05) is 0 Å². The molecule has 3 N–H and O–H groups in total. The zero-order chi connectivity index (χ0) is 50.7. The lowest BCUT2D eigenvalue weighted by Crippen LogP contribution is -2.45. The van der Waals surface area contributed by atoms with Crippen LogP contribution in [-0.2, 0) is 14.3 Å². The predicted octanol–water partition coefficient (Wildman–Crippen LogP) is 20.3. The number of carbonyl (C=O) groups excluding carboxylic acids is 2. The molecule has 70 heavy (non-hydrogen) atoms. The van der Waals surface area contributed by atoms with Crippen molar-refractivity contribution in [2.75, 3.05) is 13.2 Å². The SMILES string of the molecule is CCCCCCCCCCCCCCCCCCCC(=O)OCCCCCCCCCCCCCCCCCCCCCCCCCC(=O)NC(CO)C(O)CCCCCCCCCCCCCCC. The Hall–Kier alpha value is -1.14. The van der Waals surface area contributed by atoms with Crippen LogP contribution in [0, 0.1) is 0 Å². The Morgan fingerprint density at radius 2 is 0.586 bits per heavy atom. The predicted molar refractivity (Wildman–Crippen MR) is 306 cm³/mol. The van der Waals surface area contributed by atoms with Crippen LogP contribution in [0.4, 0.5) is 0 Å². The van der Waals surface area contributed by atoms with Gasteiger partial charge in [0.25, 0.3) is 0 Å². The van der Waals surface area contributed by atoms with Gasteiger partial charge in [-0.1, -0.05) is 335 Å². The molecule has 0 radical (unpaired) electrons. The maximum atomic E-state index is 12.5. The molecule has 0 saturated heterocycles. The normalized spacial score (nSPS) is 12.5. The molecule has 2 atom stereocenters. The molecule has 0 aromatic carbocycles. The Bertz CT molecular complexity index is 1010.